The third-order valence-corrected chi connectivity index (χ3v) is 16.6. The number of ether oxygens (including phenoxy) is 2. The maximum absolute atomic E-state index is 12.8. The number of esters is 2. The normalized spacial score (nSPS) is 13.3. The second-order valence-corrected chi connectivity index (χ2v) is 26.3. The molecule has 0 fully saturated rings. The van der Waals surface area contributed by atoms with Gasteiger partial charge in [0.25, 0.3) is 7.82 Å². The van der Waals surface area contributed by atoms with Crippen LogP contribution >= 0.6 is 7.82 Å². The van der Waals surface area contributed by atoms with Gasteiger partial charge in [-0.2, -0.15) is 0 Å². The van der Waals surface area contributed by atoms with E-state index in [1.54, 1.807) is 0 Å². The molecule has 0 N–H and O–H groups in total. The lowest BCUT2D eigenvalue weighted by molar-refractivity contribution is -0.870. The smallest absolute Gasteiger partial charge is 0.306 e. The Bertz CT molecular complexity index is 1440. The molecule has 0 saturated carbocycles. The van der Waals surface area contributed by atoms with E-state index in [0.717, 1.165) is 44.9 Å². The minimum atomic E-state index is -4.64. The van der Waals surface area contributed by atoms with Crippen molar-refractivity contribution in [2.75, 3.05) is 47.5 Å². The van der Waals surface area contributed by atoms with Crippen molar-refractivity contribution in [3.05, 3.63) is 36.5 Å². The van der Waals surface area contributed by atoms with Gasteiger partial charge in [-0.15, -0.1) is 0 Å². The van der Waals surface area contributed by atoms with Gasteiger partial charge in [0.2, 0.25) is 0 Å². The van der Waals surface area contributed by atoms with Gasteiger partial charge >= 0.3 is 11.9 Å². The van der Waals surface area contributed by atoms with Gasteiger partial charge in [-0.3, -0.25) is 14.2 Å². The summed E-state index contributed by atoms with van der Waals surface area (Å²) in [5.41, 5.74) is 0. The zero-order valence-corrected chi connectivity index (χ0v) is 54.7. The quantitative estimate of drug-likeness (QED) is 0.0195. The summed E-state index contributed by atoms with van der Waals surface area (Å²) < 4.78 is 34.3. The van der Waals surface area contributed by atoms with Crippen LogP contribution in [0.1, 0.15) is 348 Å². The van der Waals surface area contributed by atoms with Crippen LogP contribution in [0.3, 0.4) is 0 Å². The van der Waals surface area contributed by atoms with Crippen molar-refractivity contribution >= 4 is 19.8 Å². The highest BCUT2D eigenvalue weighted by Crippen LogP contribution is 2.38. The predicted molar refractivity (Wildman–Crippen MR) is 342 cm³/mol. The van der Waals surface area contributed by atoms with Gasteiger partial charge in [0.05, 0.1) is 27.7 Å². The van der Waals surface area contributed by atoms with Crippen LogP contribution in [0, 0.1) is 0 Å². The molecule has 80 heavy (non-hydrogen) atoms. The van der Waals surface area contributed by atoms with E-state index in [0.29, 0.717) is 17.4 Å². The van der Waals surface area contributed by atoms with Crippen LogP contribution < -0.4 is 4.89 Å². The maximum atomic E-state index is 12.8. The molecule has 0 bridgehead atoms. The number of phosphoric acid groups is 1. The number of likely N-dealkylation sites (N-methyl/N-ethyl adjacent to an activating group) is 1. The van der Waals surface area contributed by atoms with Gasteiger partial charge in [-0.1, -0.05) is 301 Å². The maximum Gasteiger partial charge on any atom is 0.306 e. The fraction of sp³-hybridized carbons (Fsp3) is 0.886. The van der Waals surface area contributed by atoms with Gasteiger partial charge < -0.3 is 27.9 Å². The van der Waals surface area contributed by atoms with Crippen LogP contribution in [0.15, 0.2) is 36.5 Å². The Balaban J connectivity index is 3.98. The number of phosphoric ester groups is 1. The van der Waals surface area contributed by atoms with Crippen LogP contribution in [0.5, 0.6) is 0 Å². The molecule has 0 radical (unpaired) electrons. The van der Waals surface area contributed by atoms with Crippen molar-refractivity contribution in [3.8, 4) is 0 Å². The van der Waals surface area contributed by atoms with Crippen molar-refractivity contribution in [3.63, 3.8) is 0 Å². The highest BCUT2D eigenvalue weighted by atomic mass is 31.2. The average Bonchev–Trinajstić information content (AvgIpc) is 3.42. The summed E-state index contributed by atoms with van der Waals surface area (Å²) in [6.45, 7) is 4.29. The molecule has 2 atom stereocenters. The predicted octanol–water partition coefficient (Wildman–Crippen LogP) is 21.6. The zero-order chi connectivity index (χ0) is 58.4. The first kappa shape index (κ1) is 78.2. The number of rotatable bonds is 65. The van der Waals surface area contributed by atoms with Crippen LogP contribution in [0.4, 0.5) is 0 Å². The molecular formula is C70H134NO8P. The Morgan fingerprint density at radius 1 is 0.388 bits per heavy atom. The van der Waals surface area contributed by atoms with Gasteiger partial charge in [-0.05, 0) is 70.6 Å². The number of nitrogens with zero attached hydrogens (tertiary/aromatic N) is 1. The molecule has 472 valence electrons. The molecule has 0 aromatic carbocycles. The lowest BCUT2D eigenvalue weighted by atomic mass is 10.0. The summed E-state index contributed by atoms with van der Waals surface area (Å²) in [6, 6.07) is 0. The summed E-state index contributed by atoms with van der Waals surface area (Å²) in [7, 11) is 1.18. The number of quaternary nitrogens is 1. The van der Waals surface area contributed by atoms with E-state index in [1.165, 1.54) is 270 Å². The van der Waals surface area contributed by atoms with Crippen molar-refractivity contribution in [1.82, 2.24) is 0 Å². The van der Waals surface area contributed by atoms with Gasteiger partial charge in [0.1, 0.15) is 19.8 Å². The fourth-order valence-corrected chi connectivity index (χ4v) is 11.0. The van der Waals surface area contributed by atoms with Crippen LogP contribution in [-0.2, 0) is 32.7 Å². The average molecular weight is 1150 g/mol. The molecule has 0 aliphatic rings. The molecule has 0 saturated heterocycles. The number of allylic oxidation sites excluding steroid dienone is 6. The molecule has 0 rings (SSSR count). The summed E-state index contributed by atoms with van der Waals surface area (Å²) in [5, 5.41) is 0. The zero-order valence-electron chi connectivity index (χ0n) is 53.8. The number of hydrogen-bond acceptors (Lipinski definition) is 8. The molecule has 10 heteroatoms. The summed E-state index contributed by atoms with van der Waals surface area (Å²) in [5.74, 6) is -0.817. The number of carbonyl (C=O) groups excluding carboxylic acids is 2. The lowest BCUT2D eigenvalue weighted by Crippen LogP contribution is -2.37. The van der Waals surface area contributed by atoms with Crippen molar-refractivity contribution in [2.24, 2.45) is 0 Å². The molecule has 0 spiro atoms. The lowest BCUT2D eigenvalue weighted by Gasteiger charge is -2.28. The molecule has 9 nitrogen and oxygen atoms in total. The Morgan fingerprint density at radius 2 is 0.675 bits per heavy atom. The van der Waals surface area contributed by atoms with Crippen LogP contribution in [-0.4, -0.2) is 70.0 Å². The Labute approximate surface area is 497 Å². The molecule has 0 aliphatic heterocycles. The third kappa shape index (κ3) is 65.4. The van der Waals surface area contributed by atoms with Gasteiger partial charge in [-0.25, -0.2) is 0 Å². The van der Waals surface area contributed by atoms with E-state index in [9.17, 15) is 19.0 Å². The second kappa shape index (κ2) is 61.8. The second-order valence-electron chi connectivity index (χ2n) is 24.9. The topological polar surface area (TPSA) is 111 Å². The molecule has 0 aromatic heterocycles. The fourth-order valence-electron chi connectivity index (χ4n) is 10.3. The molecular weight excluding hydrogens is 1010 g/mol. The first-order valence-electron chi connectivity index (χ1n) is 34.7. The monoisotopic (exact) mass is 1150 g/mol. The molecule has 0 amide bonds. The highest BCUT2D eigenvalue weighted by molar-refractivity contribution is 7.45. The Kier molecular flexibility index (Phi) is 60.4. The molecule has 0 aliphatic carbocycles. The van der Waals surface area contributed by atoms with Gasteiger partial charge in [0.15, 0.2) is 6.10 Å². The largest absolute Gasteiger partial charge is 0.756 e. The minimum absolute atomic E-state index is 0.0292. The van der Waals surface area contributed by atoms with E-state index in [4.69, 9.17) is 18.5 Å². The first-order valence-corrected chi connectivity index (χ1v) is 36.2. The molecule has 2 unspecified atom stereocenters. The van der Waals surface area contributed by atoms with Crippen molar-refractivity contribution in [1.29, 1.82) is 0 Å². The summed E-state index contributed by atoms with van der Waals surface area (Å²) in [6.07, 6.45) is 78.0. The molecule has 0 heterocycles. The Hall–Kier alpha value is -1.77. The number of carbonyl (C=O) groups is 2. The highest BCUT2D eigenvalue weighted by Gasteiger charge is 2.22. The summed E-state index contributed by atoms with van der Waals surface area (Å²) in [4.78, 5) is 38.0. The van der Waals surface area contributed by atoms with E-state index >= 15 is 0 Å². The number of unbranched alkanes of at least 4 members (excludes halogenated alkanes) is 45. The van der Waals surface area contributed by atoms with E-state index in [2.05, 4.69) is 50.3 Å². The summed E-state index contributed by atoms with van der Waals surface area (Å²) >= 11 is 0. The molecule has 0 aromatic rings. The number of hydrogen-bond donors (Lipinski definition) is 0. The first-order chi connectivity index (χ1) is 39.0. The van der Waals surface area contributed by atoms with E-state index in [1.807, 2.05) is 21.1 Å². The third-order valence-electron chi connectivity index (χ3n) is 15.6. The van der Waals surface area contributed by atoms with E-state index in [-0.39, 0.29) is 32.0 Å². The minimum Gasteiger partial charge on any atom is -0.756 e. The van der Waals surface area contributed by atoms with Gasteiger partial charge in [0, 0.05) is 12.8 Å². The van der Waals surface area contributed by atoms with E-state index < -0.39 is 26.5 Å². The van der Waals surface area contributed by atoms with Crippen LogP contribution in [0.25, 0.3) is 0 Å². The standard InChI is InChI=1S/C70H134NO8P/c1-6-8-10-12-14-16-18-20-22-24-26-28-30-31-32-33-34-35-36-37-38-39-41-42-44-46-48-50-52-54-56-58-60-62-69(72)76-66-68(67-78-80(74,75)77-65-64-71(3,4)5)79-70(73)63-61-59-57-55-53-51-49-47-45-43-40-29-27-25-23-21-19-17-15-13-11-9-7-2/h19,21,24-27,68H,6-18,20,22-23,28-67H2,1-5H3/b21-19-,26-24-,27-25-. The Morgan fingerprint density at radius 3 is 1.00 bits per heavy atom. The van der Waals surface area contributed by atoms with Crippen LogP contribution in [0.2, 0.25) is 0 Å². The van der Waals surface area contributed by atoms with Crippen molar-refractivity contribution < 1.29 is 42.1 Å². The van der Waals surface area contributed by atoms with Crippen molar-refractivity contribution in [2.45, 2.75) is 354 Å². The SMILES string of the molecule is CCCCCCC/C=C\C/C=C\CCCCCCCCCCCCCC(=O)OC(COC(=O)CCCCCCCCCCCCCCCCCCCCCCC/C=C\CCCCCCCCCC)COP(=O)([O-])OCC[N+](C)(C)C.